The van der Waals surface area contributed by atoms with Gasteiger partial charge in [-0.25, -0.2) is 0 Å². The maximum atomic E-state index is 12.1. The first-order valence-corrected chi connectivity index (χ1v) is 9.74. The van der Waals surface area contributed by atoms with Crippen LogP contribution in [0.4, 0.5) is 10.5 Å². The number of nitrogens with one attached hydrogen (secondary N) is 1. The van der Waals surface area contributed by atoms with E-state index in [1.807, 2.05) is 6.07 Å². The minimum absolute atomic E-state index is 0.0549. The van der Waals surface area contributed by atoms with Crippen LogP contribution >= 0.6 is 11.8 Å². The molecule has 0 unspecified atom stereocenters. The van der Waals surface area contributed by atoms with Gasteiger partial charge in [-0.05, 0) is 54.6 Å². The summed E-state index contributed by atoms with van der Waals surface area (Å²) in [6, 6.07) is 14.1. The van der Waals surface area contributed by atoms with Gasteiger partial charge in [-0.1, -0.05) is 0 Å². The number of anilines is 1. The Kier molecular flexibility index (Phi) is 8.37. The molecule has 0 aliphatic carbocycles. The van der Waals surface area contributed by atoms with Crippen LogP contribution in [0.15, 0.2) is 47.4 Å². The minimum atomic E-state index is -0.120. The predicted octanol–water partition coefficient (Wildman–Crippen LogP) is 4.14. The van der Waals surface area contributed by atoms with Gasteiger partial charge in [0, 0.05) is 37.2 Å². The second-order valence-corrected chi connectivity index (χ2v) is 7.29. The Morgan fingerprint density at radius 2 is 1.86 bits per heavy atom. The average molecular weight is 413 g/mol. The van der Waals surface area contributed by atoms with E-state index in [0.717, 1.165) is 16.7 Å². The van der Waals surface area contributed by atoms with E-state index in [0.29, 0.717) is 42.2 Å². The summed E-state index contributed by atoms with van der Waals surface area (Å²) in [6.07, 6.45) is 0.828. The molecule has 0 atom stereocenters. The highest BCUT2D eigenvalue weighted by molar-refractivity contribution is 8.13. The fraction of sp³-hybridized carbons (Fsp3) is 0.286. The summed E-state index contributed by atoms with van der Waals surface area (Å²) in [5, 5.41) is 11.7. The molecule has 2 aromatic carbocycles. The second-order valence-electron chi connectivity index (χ2n) is 6.26. The van der Waals surface area contributed by atoms with Gasteiger partial charge in [0.1, 0.15) is 0 Å². The summed E-state index contributed by atoms with van der Waals surface area (Å²) < 4.78 is 10.9. The van der Waals surface area contributed by atoms with E-state index in [1.165, 1.54) is 12.0 Å². The first kappa shape index (κ1) is 22.1. The lowest BCUT2D eigenvalue weighted by Crippen LogP contribution is -2.16. The number of nitrogens with zero attached hydrogens (tertiary/aromatic N) is 2. The molecule has 29 heavy (non-hydrogen) atoms. The van der Waals surface area contributed by atoms with Gasteiger partial charge in [0.25, 0.3) is 5.24 Å². The molecular formula is C21H23N3O4S. The number of nitriles is 1. The fourth-order valence-corrected chi connectivity index (χ4v) is 2.95. The van der Waals surface area contributed by atoms with Crippen LogP contribution in [0, 0.1) is 11.3 Å². The maximum Gasteiger partial charge on any atom is 0.285 e. The monoisotopic (exact) mass is 413 g/mol. The van der Waals surface area contributed by atoms with Gasteiger partial charge in [0.2, 0.25) is 5.91 Å². The van der Waals surface area contributed by atoms with Crippen LogP contribution in [0.5, 0.6) is 11.5 Å². The Balaban J connectivity index is 1.76. The zero-order valence-corrected chi connectivity index (χ0v) is 17.4. The third-order valence-electron chi connectivity index (χ3n) is 3.81. The first-order chi connectivity index (χ1) is 13.9. The molecule has 2 rings (SSSR count). The van der Waals surface area contributed by atoms with Crippen molar-refractivity contribution in [1.29, 1.82) is 5.26 Å². The molecule has 0 saturated carbocycles. The number of ether oxygens (including phenoxy) is 2. The third kappa shape index (κ3) is 7.05. The Bertz CT molecular complexity index is 892. The van der Waals surface area contributed by atoms with E-state index in [-0.39, 0.29) is 11.1 Å². The highest BCUT2D eigenvalue weighted by Crippen LogP contribution is 2.28. The van der Waals surface area contributed by atoms with E-state index in [2.05, 4.69) is 5.32 Å². The lowest BCUT2D eigenvalue weighted by Gasteiger charge is -2.11. The molecule has 0 bridgehead atoms. The van der Waals surface area contributed by atoms with Crippen LogP contribution in [0.3, 0.4) is 0 Å². The van der Waals surface area contributed by atoms with Gasteiger partial charge in [-0.2, -0.15) is 5.26 Å². The van der Waals surface area contributed by atoms with Crippen molar-refractivity contribution in [2.75, 3.05) is 33.1 Å². The highest BCUT2D eigenvalue weighted by Gasteiger charge is 2.09. The van der Waals surface area contributed by atoms with Crippen LogP contribution in [0.2, 0.25) is 0 Å². The first-order valence-electron chi connectivity index (χ1n) is 8.93. The van der Waals surface area contributed by atoms with E-state index in [1.54, 1.807) is 56.6 Å². The largest absolute Gasteiger partial charge is 0.493 e. The smallest absolute Gasteiger partial charge is 0.285 e. The van der Waals surface area contributed by atoms with E-state index in [9.17, 15) is 9.59 Å². The molecule has 0 aliphatic rings. The van der Waals surface area contributed by atoms with Crippen LogP contribution in [-0.4, -0.2) is 43.9 Å². The normalized spacial score (nSPS) is 10.0. The molecule has 0 saturated heterocycles. The molecule has 0 aromatic heterocycles. The summed E-state index contributed by atoms with van der Waals surface area (Å²) in [7, 11) is 4.91. The van der Waals surface area contributed by atoms with Crippen molar-refractivity contribution in [2.24, 2.45) is 0 Å². The van der Waals surface area contributed by atoms with Crippen LogP contribution in [0.1, 0.15) is 18.4 Å². The number of carbonyl (C=O) groups excluding carboxylic acids is 2. The Morgan fingerprint density at radius 1 is 1.14 bits per heavy atom. The number of hydrogen-bond acceptors (Lipinski definition) is 6. The molecule has 1 N–H and O–H groups in total. The Morgan fingerprint density at radius 3 is 2.48 bits per heavy atom. The van der Waals surface area contributed by atoms with E-state index >= 15 is 0 Å². The molecule has 0 fully saturated rings. The van der Waals surface area contributed by atoms with Gasteiger partial charge in [-0.15, -0.1) is 0 Å². The molecule has 2 aromatic rings. The number of amides is 2. The maximum absolute atomic E-state index is 12.1. The topological polar surface area (TPSA) is 91.7 Å². The molecule has 8 heteroatoms. The molecule has 0 aliphatic heterocycles. The van der Waals surface area contributed by atoms with Crippen molar-refractivity contribution in [1.82, 2.24) is 4.90 Å². The summed E-state index contributed by atoms with van der Waals surface area (Å²) in [5.41, 5.74) is 1.16. The minimum Gasteiger partial charge on any atom is -0.493 e. The van der Waals surface area contributed by atoms with Crippen molar-refractivity contribution in [3.63, 3.8) is 0 Å². The van der Waals surface area contributed by atoms with Gasteiger partial charge in [0.05, 0.1) is 25.3 Å². The van der Waals surface area contributed by atoms with E-state index in [4.69, 9.17) is 14.7 Å². The lowest BCUT2D eigenvalue weighted by molar-refractivity contribution is -0.116. The number of carbonyl (C=O) groups is 2. The molecule has 0 spiro atoms. The van der Waals surface area contributed by atoms with Crippen LogP contribution < -0.4 is 14.8 Å². The lowest BCUT2D eigenvalue weighted by atomic mass is 10.2. The number of methoxy groups -OCH3 is 1. The molecule has 2 amide bonds. The predicted molar refractivity (Wildman–Crippen MR) is 112 cm³/mol. The fourth-order valence-electron chi connectivity index (χ4n) is 2.29. The molecule has 152 valence electrons. The van der Waals surface area contributed by atoms with Crippen molar-refractivity contribution in [3.05, 3.63) is 48.0 Å². The summed E-state index contributed by atoms with van der Waals surface area (Å²) in [5.74, 6) is 0.900. The van der Waals surface area contributed by atoms with Crippen LogP contribution in [0.25, 0.3) is 0 Å². The van der Waals surface area contributed by atoms with Gasteiger partial charge in [0.15, 0.2) is 11.5 Å². The number of thioether (sulfide) groups is 1. The quantitative estimate of drug-likeness (QED) is 0.517. The Hall–Kier alpha value is -3.18. The molecule has 0 radical (unpaired) electrons. The Labute approximate surface area is 174 Å². The second kappa shape index (κ2) is 11.0. The zero-order chi connectivity index (χ0) is 21.2. The SMILES string of the molecule is COc1cc(C#N)ccc1OCCCC(=O)Nc1ccc(SC(=O)N(C)C)cc1. The van der Waals surface area contributed by atoms with Crippen LogP contribution in [-0.2, 0) is 4.79 Å². The summed E-state index contributed by atoms with van der Waals surface area (Å²) in [6.45, 7) is 0.345. The van der Waals surface area contributed by atoms with Gasteiger partial charge in [-0.3, -0.25) is 9.59 Å². The summed E-state index contributed by atoms with van der Waals surface area (Å²) >= 11 is 1.13. The zero-order valence-electron chi connectivity index (χ0n) is 16.6. The third-order valence-corrected chi connectivity index (χ3v) is 4.85. The molecular weight excluding hydrogens is 390 g/mol. The van der Waals surface area contributed by atoms with Crippen molar-refractivity contribution in [2.45, 2.75) is 17.7 Å². The molecule has 0 heterocycles. The van der Waals surface area contributed by atoms with Crippen molar-refractivity contribution in [3.8, 4) is 17.6 Å². The average Bonchev–Trinajstić information content (AvgIpc) is 2.72. The molecule has 7 nitrogen and oxygen atoms in total. The van der Waals surface area contributed by atoms with Crippen molar-refractivity contribution < 1.29 is 19.1 Å². The number of rotatable bonds is 8. The highest BCUT2D eigenvalue weighted by atomic mass is 32.2. The summed E-state index contributed by atoms with van der Waals surface area (Å²) in [4.78, 5) is 26.1. The van der Waals surface area contributed by atoms with E-state index < -0.39 is 0 Å². The number of benzene rings is 2. The standard InChI is InChI=1S/C21H23N3O4S/c1-24(2)21(26)29-17-9-7-16(8-10-17)23-20(25)5-4-12-28-18-11-6-15(14-22)13-19(18)27-3/h6-11,13H,4-5,12H2,1-3H3,(H,23,25). The van der Waals surface area contributed by atoms with Gasteiger partial charge >= 0.3 is 0 Å². The van der Waals surface area contributed by atoms with Crippen molar-refractivity contribution >= 4 is 28.6 Å². The number of hydrogen-bond donors (Lipinski definition) is 1. The van der Waals surface area contributed by atoms with Gasteiger partial charge < -0.3 is 19.7 Å².